The van der Waals surface area contributed by atoms with Gasteiger partial charge in [-0.25, -0.2) is 8.42 Å². The van der Waals surface area contributed by atoms with Crippen LogP contribution in [0.15, 0.2) is 47.4 Å². The highest BCUT2D eigenvalue weighted by Gasteiger charge is 2.23. The van der Waals surface area contributed by atoms with Crippen molar-refractivity contribution in [2.45, 2.75) is 11.8 Å². The summed E-state index contributed by atoms with van der Waals surface area (Å²) in [6.45, 7) is 1.36. The molecule has 0 radical (unpaired) electrons. The predicted octanol–water partition coefficient (Wildman–Crippen LogP) is 2.38. The van der Waals surface area contributed by atoms with Crippen LogP contribution in [0.2, 0.25) is 10.0 Å². The molecule has 0 aliphatic heterocycles. The highest BCUT2D eigenvalue weighted by atomic mass is 35.5. The Labute approximate surface area is 167 Å². The molecule has 2 N–H and O–H groups in total. The molecule has 0 saturated heterocycles. The fourth-order valence-corrected chi connectivity index (χ4v) is 3.48. The number of benzene rings is 2. The van der Waals surface area contributed by atoms with Gasteiger partial charge in [-0.3, -0.25) is 20.4 Å². The van der Waals surface area contributed by atoms with E-state index in [1.807, 2.05) is 6.92 Å². The number of hydrogen-bond donors (Lipinski definition) is 2. The summed E-state index contributed by atoms with van der Waals surface area (Å²) in [6, 6.07) is 10.5. The molecule has 7 nitrogen and oxygen atoms in total. The van der Waals surface area contributed by atoms with Gasteiger partial charge < -0.3 is 0 Å². The van der Waals surface area contributed by atoms with Gasteiger partial charge in [0.05, 0.1) is 21.5 Å². The Hall–Kier alpha value is -2.13. The van der Waals surface area contributed by atoms with Gasteiger partial charge in [0.2, 0.25) is 10.0 Å². The average molecular weight is 430 g/mol. The number of nitrogens with one attached hydrogen (secondary N) is 2. The Morgan fingerprint density at radius 3 is 2.22 bits per heavy atom. The molecule has 0 spiro atoms. The molecule has 0 aliphatic rings. The van der Waals surface area contributed by atoms with Crippen LogP contribution >= 0.6 is 23.2 Å². The van der Waals surface area contributed by atoms with Crippen molar-refractivity contribution in [3.05, 3.63) is 63.6 Å². The molecule has 0 aliphatic carbocycles. The third kappa shape index (κ3) is 5.43. The smallest absolute Gasteiger partial charge is 0.269 e. The lowest BCUT2D eigenvalue weighted by Crippen LogP contribution is -2.46. The maximum Gasteiger partial charge on any atom is 0.269 e. The van der Waals surface area contributed by atoms with Crippen LogP contribution in [0.5, 0.6) is 0 Å². The second-order valence-corrected chi connectivity index (χ2v) is 8.56. The van der Waals surface area contributed by atoms with Crippen molar-refractivity contribution < 1.29 is 18.0 Å². The number of aryl methyl sites for hydroxylation is 1. The first-order valence-electron chi connectivity index (χ1n) is 7.68. The molecule has 0 bridgehead atoms. The molecule has 2 amide bonds. The lowest BCUT2D eigenvalue weighted by molar-refractivity contribution is -0.121. The average Bonchev–Trinajstić information content (AvgIpc) is 2.62. The summed E-state index contributed by atoms with van der Waals surface area (Å²) in [4.78, 5) is 24.0. The molecule has 0 aromatic heterocycles. The Morgan fingerprint density at radius 1 is 1.00 bits per heavy atom. The molecule has 27 heavy (non-hydrogen) atoms. The number of rotatable bonds is 5. The monoisotopic (exact) mass is 429 g/mol. The van der Waals surface area contributed by atoms with E-state index in [0.29, 0.717) is 5.02 Å². The number of amides is 2. The van der Waals surface area contributed by atoms with Crippen LogP contribution < -0.4 is 10.9 Å². The van der Waals surface area contributed by atoms with Gasteiger partial charge in [0.1, 0.15) is 0 Å². The van der Waals surface area contributed by atoms with Crippen molar-refractivity contribution in [3.63, 3.8) is 0 Å². The Kier molecular flexibility index (Phi) is 6.83. The molecule has 0 saturated carbocycles. The summed E-state index contributed by atoms with van der Waals surface area (Å²) in [5.41, 5.74) is 5.45. The van der Waals surface area contributed by atoms with Crippen LogP contribution in [0.4, 0.5) is 0 Å². The Bertz CT molecular complexity index is 963. The van der Waals surface area contributed by atoms with Gasteiger partial charge in [-0.1, -0.05) is 40.9 Å². The van der Waals surface area contributed by atoms with Crippen molar-refractivity contribution in [3.8, 4) is 0 Å². The van der Waals surface area contributed by atoms with E-state index in [2.05, 4.69) is 10.9 Å². The molecule has 2 aromatic carbocycles. The minimum atomic E-state index is -3.82. The van der Waals surface area contributed by atoms with Crippen molar-refractivity contribution in [2.24, 2.45) is 0 Å². The van der Waals surface area contributed by atoms with Gasteiger partial charge >= 0.3 is 0 Å². The molecule has 2 rings (SSSR count). The maximum atomic E-state index is 12.4. The zero-order valence-electron chi connectivity index (χ0n) is 14.5. The minimum Gasteiger partial charge on any atom is -0.272 e. The zero-order valence-corrected chi connectivity index (χ0v) is 16.8. The second kappa shape index (κ2) is 8.71. The van der Waals surface area contributed by atoms with Crippen LogP contribution in [-0.4, -0.2) is 38.1 Å². The SMILES string of the molecule is Cc1ccc(S(=O)(=O)N(C)CC(=O)NNC(=O)c2ccc(Cl)c(Cl)c2)cc1. The van der Waals surface area contributed by atoms with Crippen LogP contribution in [0.3, 0.4) is 0 Å². The fraction of sp³-hybridized carbons (Fsp3) is 0.176. The Morgan fingerprint density at radius 2 is 1.63 bits per heavy atom. The highest BCUT2D eigenvalue weighted by molar-refractivity contribution is 7.89. The zero-order chi connectivity index (χ0) is 20.2. The standard InChI is InChI=1S/C17H17Cl2N3O4S/c1-11-3-6-13(7-4-11)27(25,26)22(2)10-16(23)20-21-17(24)12-5-8-14(18)15(19)9-12/h3-9H,10H2,1-2H3,(H,20,23)(H,21,24). The number of hydrogen-bond acceptors (Lipinski definition) is 4. The van der Waals surface area contributed by atoms with Crippen LogP contribution in [0.25, 0.3) is 0 Å². The van der Waals surface area contributed by atoms with Gasteiger partial charge in [-0.05, 0) is 37.3 Å². The summed E-state index contributed by atoms with van der Waals surface area (Å²) in [5, 5.41) is 0.486. The first-order valence-corrected chi connectivity index (χ1v) is 9.88. The van der Waals surface area contributed by atoms with E-state index in [1.54, 1.807) is 12.1 Å². The molecular weight excluding hydrogens is 413 g/mol. The minimum absolute atomic E-state index is 0.0724. The molecule has 0 unspecified atom stereocenters. The van der Waals surface area contributed by atoms with E-state index in [1.165, 1.54) is 37.4 Å². The summed E-state index contributed by atoms with van der Waals surface area (Å²) in [7, 11) is -2.55. The fourth-order valence-electron chi connectivity index (χ4n) is 2.05. The van der Waals surface area contributed by atoms with E-state index in [-0.39, 0.29) is 15.5 Å². The van der Waals surface area contributed by atoms with Crippen LogP contribution in [0.1, 0.15) is 15.9 Å². The predicted molar refractivity (Wildman–Crippen MR) is 103 cm³/mol. The van der Waals surface area contributed by atoms with Gasteiger partial charge in [0, 0.05) is 12.6 Å². The maximum absolute atomic E-state index is 12.4. The van der Waals surface area contributed by atoms with Crippen molar-refractivity contribution >= 4 is 45.0 Å². The molecule has 0 fully saturated rings. The highest BCUT2D eigenvalue weighted by Crippen LogP contribution is 2.22. The number of nitrogens with zero attached hydrogens (tertiary/aromatic N) is 1. The second-order valence-electron chi connectivity index (χ2n) is 5.71. The summed E-state index contributed by atoms with van der Waals surface area (Å²) in [6.07, 6.45) is 0. The molecule has 10 heteroatoms. The molecule has 2 aromatic rings. The first kappa shape index (κ1) is 21.2. The van der Waals surface area contributed by atoms with Gasteiger partial charge in [0.15, 0.2) is 0 Å². The largest absolute Gasteiger partial charge is 0.272 e. The lowest BCUT2D eigenvalue weighted by Gasteiger charge is -2.17. The van der Waals surface area contributed by atoms with E-state index in [0.717, 1.165) is 9.87 Å². The summed E-state index contributed by atoms with van der Waals surface area (Å²) < 4.78 is 25.8. The number of halogens is 2. The Balaban J connectivity index is 1.95. The van der Waals surface area contributed by atoms with E-state index in [4.69, 9.17) is 23.2 Å². The topological polar surface area (TPSA) is 95.6 Å². The molecule has 144 valence electrons. The lowest BCUT2D eigenvalue weighted by atomic mass is 10.2. The quantitative estimate of drug-likeness (QED) is 0.713. The number of hydrazine groups is 1. The van der Waals surface area contributed by atoms with Crippen molar-refractivity contribution in [1.82, 2.24) is 15.2 Å². The van der Waals surface area contributed by atoms with Gasteiger partial charge in [-0.2, -0.15) is 4.31 Å². The normalized spacial score (nSPS) is 11.3. The van der Waals surface area contributed by atoms with E-state index < -0.39 is 28.4 Å². The van der Waals surface area contributed by atoms with Gasteiger partial charge in [0.25, 0.3) is 11.8 Å². The number of carbonyl (C=O) groups is 2. The third-order valence-corrected chi connectivity index (χ3v) is 6.15. The van der Waals surface area contributed by atoms with Crippen LogP contribution in [-0.2, 0) is 14.8 Å². The molecule has 0 atom stereocenters. The number of carbonyl (C=O) groups excluding carboxylic acids is 2. The van der Waals surface area contributed by atoms with E-state index in [9.17, 15) is 18.0 Å². The van der Waals surface area contributed by atoms with Crippen LogP contribution in [0, 0.1) is 6.92 Å². The third-order valence-electron chi connectivity index (χ3n) is 3.59. The van der Waals surface area contributed by atoms with Crippen molar-refractivity contribution in [1.29, 1.82) is 0 Å². The number of sulfonamides is 1. The molecular formula is C17H17Cl2N3O4S. The summed E-state index contributed by atoms with van der Waals surface area (Å²) >= 11 is 11.6. The number of likely N-dealkylation sites (N-methyl/N-ethyl adjacent to an activating group) is 1. The summed E-state index contributed by atoms with van der Waals surface area (Å²) in [5.74, 6) is -1.33. The van der Waals surface area contributed by atoms with Gasteiger partial charge in [-0.15, -0.1) is 0 Å². The first-order chi connectivity index (χ1) is 12.6. The molecule has 0 heterocycles. The van der Waals surface area contributed by atoms with Crippen molar-refractivity contribution in [2.75, 3.05) is 13.6 Å². The van der Waals surface area contributed by atoms with E-state index >= 15 is 0 Å².